The van der Waals surface area contributed by atoms with Crippen LogP contribution in [-0.4, -0.2) is 31.6 Å². The number of hydrogen-bond acceptors (Lipinski definition) is 3. The Balaban J connectivity index is 1.82. The first kappa shape index (κ1) is 15.9. The van der Waals surface area contributed by atoms with Gasteiger partial charge in [0.15, 0.2) is 5.69 Å². The van der Waals surface area contributed by atoms with Gasteiger partial charge < -0.3 is 4.90 Å². The molecule has 122 valence electrons. The predicted molar refractivity (Wildman–Crippen MR) is 92.8 cm³/mol. The molecule has 0 unspecified atom stereocenters. The third-order valence-electron chi connectivity index (χ3n) is 3.77. The Labute approximate surface area is 141 Å². The van der Waals surface area contributed by atoms with Crippen molar-refractivity contribution in [2.45, 2.75) is 26.4 Å². The lowest BCUT2D eigenvalue weighted by atomic mass is 10.2. The van der Waals surface area contributed by atoms with E-state index < -0.39 is 0 Å². The highest BCUT2D eigenvalue weighted by Crippen LogP contribution is 2.13. The van der Waals surface area contributed by atoms with E-state index in [0.29, 0.717) is 12.2 Å². The Morgan fingerprint density at radius 2 is 1.83 bits per heavy atom. The molecular formula is C19H20N4O. The molecule has 0 aliphatic carbocycles. The number of hydrogen-bond donors (Lipinski definition) is 0. The molecule has 0 fully saturated rings. The fourth-order valence-corrected chi connectivity index (χ4v) is 2.46. The van der Waals surface area contributed by atoms with Crippen LogP contribution in [0, 0.1) is 0 Å². The zero-order chi connectivity index (χ0) is 16.9. The van der Waals surface area contributed by atoms with Crippen LogP contribution in [0.5, 0.6) is 0 Å². The van der Waals surface area contributed by atoms with Crippen LogP contribution in [0.3, 0.4) is 0 Å². The zero-order valence-corrected chi connectivity index (χ0v) is 13.8. The minimum absolute atomic E-state index is 0.0568. The van der Waals surface area contributed by atoms with Gasteiger partial charge in [0.25, 0.3) is 5.91 Å². The molecule has 1 amide bonds. The normalized spacial score (nSPS) is 10.8. The Kier molecular flexibility index (Phi) is 4.70. The van der Waals surface area contributed by atoms with E-state index in [2.05, 4.69) is 10.1 Å². The van der Waals surface area contributed by atoms with Crippen molar-refractivity contribution in [3.05, 3.63) is 78.4 Å². The van der Waals surface area contributed by atoms with E-state index in [9.17, 15) is 4.79 Å². The molecule has 1 aromatic carbocycles. The van der Waals surface area contributed by atoms with Crippen LogP contribution < -0.4 is 0 Å². The lowest BCUT2D eigenvalue weighted by molar-refractivity contribution is 0.0681. The van der Waals surface area contributed by atoms with Crippen LogP contribution in [-0.2, 0) is 6.54 Å². The van der Waals surface area contributed by atoms with Crippen LogP contribution in [0.4, 0.5) is 0 Å². The monoisotopic (exact) mass is 320 g/mol. The highest BCUT2D eigenvalue weighted by Gasteiger charge is 2.21. The molecule has 0 saturated carbocycles. The summed E-state index contributed by atoms with van der Waals surface area (Å²) in [6.45, 7) is 4.46. The van der Waals surface area contributed by atoms with Crippen LogP contribution in [0.15, 0.2) is 67.0 Å². The molecule has 3 rings (SSSR count). The van der Waals surface area contributed by atoms with Crippen LogP contribution in [0.2, 0.25) is 0 Å². The SMILES string of the molecule is CC(C)N(Cc1ccccn1)C(=O)c1ccn(-c2ccccc2)n1. The molecule has 24 heavy (non-hydrogen) atoms. The quantitative estimate of drug-likeness (QED) is 0.724. The Hall–Kier alpha value is -2.95. The first-order chi connectivity index (χ1) is 11.6. The molecule has 5 nitrogen and oxygen atoms in total. The third-order valence-corrected chi connectivity index (χ3v) is 3.77. The number of nitrogens with zero attached hydrogens (tertiary/aromatic N) is 4. The van der Waals surface area contributed by atoms with Gasteiger partial charge in [0, 0.05) is 18.4 Å². The smallest absolute Gasteiger partial charge is 0.274 e. The minimum Gasteiger partial charge on any atom is -0.329 e. The lowest BCUT2D eigenvalue weighted by Crippen LogP contribution is -2.37. The number of carbonyl (C=O) groups excluding carboxylic acids is 1. The second-order valence-electron chi connectivity index (χ2n) is 5.83. The molecule has 0 spiro atoms. The van der Waals surface area contributed by atoms with Crippen molar-refractivity contribution >= 4 is 5.91 Å². The van der Waals surface area contributed by atoms with E-state index in [0.717, 1.165) is 11.4 Å². The van der Waals surface area contributed by atoms with Gasteiger partial charge in [-0.05, 0) is 44.2 Å². The summed E-state index contributed by atoms with van der Waals surface area (Å²) in [6, 6.07) is 17.3. The Bertz CT molecular complexity index is 797. The molecule has 0 aliphatic rings. The second-order valence-corrected chi connectivity index (χ2v) is 5.83. The van der Waals surface area contributed by atoms with Gasteiger partial charge in [-0.2, -0.15) is 5.10 Å². The van der Waals surface area contributed by atoms with Gasteiger partial charge in [0.2, 0.25) is 0 Å². The van der Waals surface area contributed by atoms with Gasteiger partial charge in [-0.1, -0.05) is 24.3 Å². The first-order valence-corrected chi connectivity index (χ1v) is 7.97. The molecule has 0 bridgehead atoms. The summed E-state index contributed by atoms with van der Waals surface area (Å²) in [5.74, 6) is -0.0923. The van der Waals surface area contributed by atoms with Gasteiger partial charge in [0.05, 0.1) is 17.9 Å². The van der Waals surface area contributed by atoms with Crippen molar-refractivity contribution in [2.24, 2.45) is 0 Å². The molecule has 3 aromatic rings. The average Bonchev–Trinajstić information content (AvgIpc) is 3.11. The van der Waals surface area contributed by atoms with Gasteiger partial charge in [-0.3, -0.25) is 9.78 Å². The van der Waals surface area contributed by atoms with Crippen molar-refractivity contribution < 1.29 is 4.79 Å². The Morgan fingerprint density at radius 1 is 1.08 bits per heavy atom. The molecule has 0 N–H and O–H groups in total. The molecule has 5 heteroatoms. The topological polar surface area (TPSA) is 51.0 Å². The number of carbonyl (C=O) groups is 1. The summed E-state index contributed by atoms with van der Waals surface area (Å²) in [5.41, 5.74) is 2.22. The number of benzene rings is 1. The largest absolute Gasteiger partial charge is 0.329 e. The highest BCUT2D eigenvalue weighted by molar-refractivity contribution is 5.92. The van der Waals surface area contributed by atoms with Gasteiger partial charge in [-0.25, -0.2) is 4.68 Å². The lowest BCUT2D eigenvalue weighted by Gasteiger charge is -2.25. The standard InChI is InChI=1S/C19H20N4O/c1-15(2)22(14-16-8-6-7-12-20-16)19(24)18-11-13-23(21-18)17-9-4-3-5-10-17/h3-13,15H,14H2,1-2H3. The van der Waals surface area contributed by atoms with E-state index >= 15 is 0 Å². The minimum atomic E-state index is -0.0923. The number of pyridine rings is 1. The van der Waals surface area contributed by atoms with E-state index in [1.807, 2.05) is 68.6 Å². The molecular weight excluding hydrogens is 300 g/mol. The predicted octanol–water partition coefficient (Wildman–Crippen LogP) is 3.32. The average molecular weight is 320 g/mol. The highest BCUT2D eigenvalue weighted by atomic mass is 16.2. The van der Waals surface area contributed by atoms with Gasteiger partial charge in [-0.15, -0.1) is 0 Å². The Morgan fingerprint density at radius 3 is 2.50 bits per heavy atom. The van der Waals surface area contributed by atoms with Gasteiger partial charge >= 0.3 is 0 Å². The maximum Gasteiger partial charge on any atom is 0.274 e. The van der Waals surface area contributed by atoms with E-state index in [1.54, 1.807) is 21.8 Å². The van der Waals surface area contributed by atoms with Crippen molar-refractivity contribution in [3.8, 4) is 5.69 Å². The fraction of sp³-hybridized carbons (Fsp3) is 0.211. The fourth-order valence-electron chi connectivity index (χ4n) is 2.46. The van der Waals surface area contributed by atoms with Crippen molar-refractivity contribution in [1.82, 2.24) is 19.7 Å². The maximum atomic E-state index is 12.9. The van der Waals surface area contributed by atoms with Crippen molar-refractivity contribution in [3.63, 3.8) is 0 Å². The maximum absolute atomic E-state index is 12.9. The molecule has 2 heterocycles. The molecule has 0 saturated heterocycles. The number of para-hydroxylation sites is 1. The van der Waals surface area contributed by atoms with Crippen molar-refractivity contribution in [1.29, 1.82) is 0 Å². The summed E-state index contributed by atoms with van der Waals surface area (Å²) < 4.78 is 1.71. The van der Waals surface area contributed by atoms with Crippen LogP contribution in [0.1, 0.15) is 30.0 Å². The molecule has 0 atom stereocenters. The number of aromatic nitrogens is 3. The van der Waals surface area contributed by atoms with Crippen LogP contribution >= 0.6 is 0 Å². The third kappa shape index (κ3) is 3.51. The van der Waals surface area contributed by atoms with E-state index in [-0.39, 0.29) is 11.9 Å². The second kappa shape index (κ2) is 7.08. The van der Waals surface area contributed by atoms with E-state index in [1.165, 1.54) is 0 Å². The van der Waals surface area contributed by atoms with Crippen LogP contribution in [0.25, 0.3) is 5.69 Å². The summed E-state index contributed by atoms with van der Waals surface area (Å²) in [5, 5.41) is 4.43. The van der Waals surface area contributed by atoms with E-state index in [4.69, 9.17) is 0 Å². The zero-order valence-electron chi connectivity index (χ0n) is 13.8. The molecule has 0 radical (unpaired) electrons. The summed E-state index contributed by atoms with van der Waals surface area (Å²) in [4.78, 5) is 18.9. The van der Waals surface area contributed by atoms with Gasteiger partial charge in [0.1, 0.15) is 0 Å². The molecule has 2 aromatic heterocycles. The summed E-state index contributed by atoms with van der Waals surface area (Å²) in [7, 11) is 0. The summed E-state index contributed by atoms with van der Waals surface area (Å²) in [6.07, 6.45) is 3.55. The number of rotatable bonds is 5. The summed E-state index contributed by atoms with van der Waals surface area (Å²) >= 11 is 0. The first-order valence-electron chi connectivity index (χ1n) is 7.97. The molecule has 0 aliphatic heterocycles. The van der Waals surface area contributed by atoms with Crippen molar-refractivity contribution in [2.75, 3.05) is 0 Å². The number of amides is 1.